The Bertz CT molecular complexity index is 1780. The van der Waals surface area contributed by atoms with Gasteiger partial charge in [-0.3, -0.25) is 9.20 Å². The van der Waals surface area contributed by atoms with Crippen LogP contribution < -0.4 is 5.56 Å². The van der Waals surface area contributed by atoms with Gasteiger partial charge < -0.3 is 0 Å². The topological polar surface area (TPSA) is 21.5 Å². The van der Waals surface area contributed by atoms with Gasteiger partial charge in [0.25, 0.3) is 5.56 Å². The first kappa shape index (κ1) is 24.6. The third kappa shape index (κ3) is 5.06. The molecule has 6 rings (SSSR count). The number of aromatic nitrogens is 1. The zero-order valence-electron chi connectivity index (χ0n) is 22.6. The molecule has 2 aromatic heterocycles. The van der Waals surface area contributed by atoms with Crippen LogP contribution in [0.3, 0.4) is 0 Å². The highest BCUT2D eigenvalue weighted by Gasteiger charge is 2.16. The lowest BCUT2D eigenvalue weighted by Crippen LogP contribution is -2.19. The molecule has 0 aliphatic carbocycles. The smallest absolute Gasteiger partial charge is 0.255 e. The van der Waals surface area contributed by atoms with E-state index in [0.717, 1.165) is 27.8 Å². The fourth-order valence-electron chi connectivity index (χ4n) is 5.11. The summed E-state index contributed by atoms with van der Waals surface area (Å²) in [5, 5.41) is 0. The Morgan fingerprint density at radius 1 is 0.462 bits per heavy atom. The SMILES string of the molecule is CC(C)(C)c1cc(=O)n2ccc(-c3cccc(-c4cc(-c5ccccc5)cc(-c5ccccc5)c4)c3)cc2c1. The molecular weight excluding hydrogens is 474 g/mol. The summed E-state index contributed by atoms with van der Waals surface area (Å²) in [7, 11) is 0. The highest BCUT2D eigenvalue weighted by Crippen LogP contribution is 2.34. The van der Waals surface area contributed by atoms with Crippen LogP contribution >= 0.6 is 0 Å². The summed E-state index contributed by atoms with van der Waals surface area (Å²) in [6, 6.07) is 44.6. The molecule has 0 saturated carbocycles. The van der Waals surface area contributed by atoms with Crippen molar-refractivity contribution in [2.24, 2.45) is 0 Å². The molecular formula is C37H31NO. The van der Waals surface area contributed by atoms with E-state index in [2.05, 4.69) is 136 Å². The lowest BCUT2D eigenvalue weighted by atomic mass is 9.87. The van der Waals surface area contributed by atoms with Gasteiger partial charge in [0.2, 0.25) is 0 Å². The van der Waals surface area contributed by atoms with Crippen LogP contribution in [-0.4, -0.2) is 4.40 Å². The molecule has 0 spiro atoms. The first-order valence-electron chi connectivity index (χ1n) is 13.4. The molecule has 0 aliphatic rings. The standard InChI is InChI=1S/C37H31NO/c1-37(2,3)34-24-35-23-30(17-18-38(35)36(39)25-34)28-15-10-16-29(19-28)33-21-31(26-11-6-4-7-12-26)20-32(22-33)27-13-8-5-9-14-27/h4-25H,1-3H3. The summed E-state index contributed by atoms with van der Waals surface area (Å²) in [4.78, 5) is 12.8. The molecule has 0 N–H and O–H groups in total. The first-order valence-corrected chi connectivity index (χ1v) is 13.4. The van der Waals surface area contributed by atoms with E-state index in [0.29, 0.717) is 0 Å². The highest BCUT2D eigenvalue weighted by molar-refractivity contribution is 5.83. The minimum Gasteiger partial charge on any atom is -0.284 e. The largest absolute Gasteiger partial charge is 0.284 e. The van der Waals surface area contributed by atoms with Gasteiger partial charge in [-0.1, -0.05) is 99.6 Å². The van der Waals surface area contributed by atoms with Crippen LogP contribution in [0.25, 0.3) is 50.0 Å². The van der Waals surface area contributed by atoms with E-state index in [9.17, 15) is 4.79 Å². The maximum Gasteiger partial charge on any atom is 0.255 e. The molecule has 6 aromatic rings. The number of rotatable bonds is 4. The molecule has 0 atom stereocenters. The Morgan fingerprint density at radius 2 is 0.923 bits per heavy atom. The third-order valence-corrected chi connectivity index (χ3v) is 7.35. The molecule has 4 aromatic carbocycles. The van der Waals surface area contributed by atoms with Crippen molar-refractivity contribution >= 4 is 5.52 Å². The Balaban J connectivity index is 1.47. The summed E-state index contributed by atoms with van der Waals surface area (Å²) in [6.07, 6.45) is 1.88. The highest BCUT2D eigenvalue weighted by atomic mass is 16.1. The predicted molar refractivity (Wildman–Crippen MR) is 164 cm³/mol. The number of benzene rings is 4. The van der Waals surface area contributed by atoms with Gasteiger partial charge in [-0.25, -0.2) is 0 Å². The average molecular weight is 506 g/mol. The van der Waals surface area contributed by atoms with E-state index in [4.69, 9.17) is 0 Å². The van der Waals surface area contributed by atoms with Gasteiger partial charge in [0.05, 0.1) is 0 Å². The summed E-state index contributed by atoms with van der Waals surface area (Å²) in [5.74, 6) is 0. The van der Waals surface area contributed by atoms with Crippen molar-refractivity contribution in [2.75, 3.05) is 0 Å². The normalized spacial score (nSPS) is 11.6. The summed E-state index contributed by atoms with van der Waals surface area (Å²) < 4.78 is 1.72. The van der Waals surface area contributed by atoms with Crippen molar-refractivity contribution < 1.29 is 0 Å². The van der Waals surface area contributed by atoms with Crippen LogP contribution in [0.1, 0.15) is 26.3 Å². The molecule has 0 fully saturated rings. The lowest BCUT2D eigenvalue weighted by molar-refractivity contribution is 0.589. The summed E-state index contributed by atoms with van der Waals surface area (Å²) >= 11 is 0. The molecule has 190 valence electrons. The molecule has 2 heterocycles. The lowest BCUT2D eigenvalue weighted by Gasteiger charge is -2.19. The maximum absolute atomic E-state index is 12.8. The van der Waals surface area contributed by atoms with E-state index in [1.165, 1.54) is 27.8 Å². The molecule has 0 saturated heterocycles. The number of nitrogens with zero attached hydrogens (tertiary/aromatic N) is 1. The molecule has 2 heteroatoms. The van der Waals surface area contributed by atoms with Crippen molar-refractivity contribution in [3.05, 3.63) is 150 Å². The second-order valence-electron chi connectivity index (χ2n) is 11.2. The van der Waals surface area contributed by atoms with Gasteiger partial charge in [0.15, 0.2) is 0 Å². The Labute approximate surface area is 229 Å². The van der Waals surface area contributed by atoms with Gasteiger partial charge in [-0.2, -0.15) is 0 Å². The number of hydrogen-bond acceptors (Lipinski definition) is 1. The van der Waals surface area contributed by atoms with Crippen molar-refractivity contribution in [1.29, 1.82) is 0 Å². The quantitative estimate of drug-likeness (QED) is 0.234. The molecule has 0 bridgehead atoms. The Hall–Kier alpha value is -4.69. The third-order valence-electron chi connectivity index (χ3n) is 7.35. The average Bonchev–Trinajstić information content (AvgIpc) is 2.97. The minimum absolute atomic E-state index is 0.00361. The first-order chi connectivity index (χ1) is 18.8. The van der Waals surface area contributed by atoms with Gasteiger partial charge in [0.1, 0.15) is 0 Å². The van der Waals surface area contributed by atoms with Crippen LogP contribution in [0.5, 0.6) is 0 Å². The zero-order valence-corrected chi connectivity index (χ0v) is 22.6. The summed E-state index contributed by atoms with van der Waals surface area (Å²) in [5.41, 5.74) is 11.2. The van der Waals surface area contributed by atoms with Crippen molar-refractivity contribution in [1.82, 2.24) is 4.40 Å². The van der Waals surface area contributed by atoms with E-state index >= 15 is 0 Å². The number of pyridine rings is 2. The fraction of sp³-hybridized carbons (Fsp3) is 0.108. The molecule has 0 amide bonds. The minimum atomic E-state index is -0.0932. The second kappa shape index (κ2) is 9.89. The Morgan fingerprint density at radius 3 is 1.49 bits per heavy atom. The van der Waals surface area contributed by atoms with Crippen LogP contribution in [-0.2, 0) is 5.41 Å². The number of hydrogen-bond donors (Lipinski definition) is 0. The van der Waals surface area contributed by atoms with Gasteiger partial charge >= 0.3 is 0 Å². The van der Waals surface area contributed by atoms with E-state index in [1.807, 2.05) is 12.3 Å². The maximum atomic E-state index is 12.8. The van der Waals surface area contributed by atoms with Gasteiger partial charge in [-0.15, -0.1) is 0 Å². The van der Waals surface area contributed by atoms with Crippen molar-refractivity contribution in [3.8, 4) is 44.5 Å². The monoisotopic (exact) mass is 505 g/mol. The fourth-order valence-corrected chi connectivity index (χ4v) is 5.11. The van der Waals surface area contributed by atoms with E-state index in [-0.39, 0.29) is 11.0 Å². The Kier molecular flexibility index (Phi) is 6.24. The van der Waals surface area contributed by atoms with Gasteiger partial charge in [0, 0.05) is 17.8 Å². The molecule has 0 radical (unpaired) electrons. The molecule has 0 aliphatic heterocycles. The van der Waals surface area contributed by atoms with Crippen LogP contribution in [0.15, 0.2) is 138 Å². The van der Waals surface area contributed by atoms with E-state index < -0.39 is 0 Å². The zero-order chi connectivity index (χ0) is 27.0. The van der Waals surface area contributed by atoms with E-state index in [1.54, 1.807) is 10.5 Å². The predicted octanol–water partition coefficient (Wildman–Crippen LogP) is 9.26. The summed E-state index contributed by atoms with van der Waals surface area (Å²) in [6.45, 7) is 6.41. The van der Waals surface area contributed by atoms with Crippen LogP contribution in [0.2, 0.25) is 0 Å². The van der Waals surface area contributed by atoms with Crippen LogP contribution in [0, 0.1) is 0 Å². The van der Waals surface area contributed by atoms with Gasteiger partial charge in [-0.05, 0) is 98.0 Å². The molecule has 2 nitrogen and oxygen atoms in total. The van der Waals surface area contributed by atoms with Crippen molar-refractivity contribution in [2.45, 2.75) is 26.2 Å². The second-order valence-corrected chi connectivity index (χ2v) is 11.2. The van der Waals surface area contributed by atoms with Crippen molar-refractivity contribution in [3.63, 3.8) is 0 Å². The van der Waals surface area contributed by atoms with Crippen LogP contribution in [0.4, 0.5) is 0 Å². The molecule has 39 heavy (non-hydrogen) atoms. The molecule has 0 unspecified atom stereocenters. The number of fused-ring (bicyclic) bond motifs is 1.